The molecule has 0 aliphatic heterocycles. The second-order valence-electron chi connectivity index (χ2n) is 3.97. The summed E-state index contributed by atoms with van der Waals surface area (Å²) in [6.45, 7) is 0.887. The first kappa shape index (κ1) is 16.0. The molecule has 0 saturated heterocycles. The van der Waals surface area contributed by atoms with Crippen LogP contribution >= 0.6 is 0 Å². The van der Waals surface area contributed by atoms with Crippen molar-refractivity contribution in [3.05, 3.63) is 23.8 Å². The summed E-state index contributed by atoms with van der Waals surface area (Å²) in [4.78, 5) is 14.2. The Morgan fingerprint density at radius 1 is 1.30 bits per heavy atom. The van der Waals surface area contributed by atoms with Crippen molar-refractivity contribution in [2.24, 2.45) is 4.99 Å². The van der Waals surface area contributed by atoms with Gasteiger partial charge in [-0.3, -0.25) is 9.79 Å². The van der Waals surface area contributed by atoms with Gasteiger partial charge in [0.25, 0.3) is 0 Å². The number of benzene rings is 1. The Hall–Kier alpha value is -2.08. The summed E-state index contributed by atoms with van der Waals surface area (Å²) in [5.41, 5.74) is 0.758. The summed E-state index contributed by atoms with van der Waals surface area (Å²) in [5.74, 6) is 0.256. The normalized spacial score (nSPS) is 10.7. The highest BCUT2D eigenvalue weighted by molar-refractivity contribution is 5.83. The van der Waals surface area contributed by atoms with E-state index in [1.807, 2.05) is 0 Å². The van der Waals surface area contributed by atoms with Crippen LogP contribution < -0.4 is 9.47 Å². The Balaban J connectivity index is 2.69. The van der Waals surface area contributed by atoms with Crippen LogP contribution in [0, 0.1) is 0 Å². The van der Waals surface area contributed by atoms with Gasteiger partial charge in [-0.05, 0) is 23.8 Å². The number of aliphatic imine (C=N–C) groups is 1. The fourth-order valence-electron chi connectivity index (χ4n) is 1.50. The summed E-state index contributed by atoms with van der Waals surface area (Å²) in [5, 5.41) is 8.52. The monoisotopic (exact) mass is 281 g/mol. The molecule has 6 heteroatoms. The standard InChI is InChI=1S/C14H19NO5/c1-18-6-3-7-20-13-8-11(4-5-12(13)19-2)9-15-10-14(16)17/h4-5,8-9H,3,6-7,10H2,1-2H3,(H,16,17). The minimum absolute atomic E-state index is 0.254. The lowest BCUT2D eigenvalue weighted by molar-refractivity contribution is -0.135. The minimum Gasteiger partial charge on any atom is -0.493 e. The zero-order chi connectivity index (χ0) is 14.8. The van der Waals surface area contributed by atoms with Crippen LogP contribution in [0.4, 0.5) is 0 Å². The average Bonchev–Trinajstić information content (AvgIpc) is 2.43. The van der Waals surface area contributed by atoms with Gasteiger partial charge in [-0.1, -0.05) is 0 Å². The number of aliphatic carboxylic acids is 1. The van der Waals surface area contributed by atoms with Gasteiger partial charge in [-0.15, -0.1) is 0 Å². The van der Waals surface area contributed by atoms with E-state index in [9.17, 15) is 4.79 Å². The molecule has 1 rings (SSSR count). The van der Waals surface area contributed by atoms with E-state index in [2.05, 4.69) is 4.99 Å². The van der Waals surface area contributed by atoms with Crippen molar-refractivity contribution in [1.82, 2.24) is 0 Å². The van der Waals surface area contributed by atoms with Gasteiger partial charge in [0.05, 0.1) is 13.7 Å². The largest absolute Gasteiger partial charge is 0.493 e. The lowest BCUT2D eigenvalue weighted by Gasteiger charge is -2.11. The van der Waals surface area contributed by atoms with Crippen LogP contribution in [0.25, 0.3) is 0 Å². The maximum atomic E-state index is 10.4. The van der Waals surface area contributed by atoms with E-state index in [4.69, 9.17) is 19.3 Å². The summed E-state index contributed by atoms with van der Waals surface area (Å²) >= 11 is 0. The molecule has 1 aromatic rings. The Bertz CT molecular complexity index is 459. The fraction of sp³-hybridized carbons (Fsp3) is 0.429. The molecule has 0 radical (unpaired) electrons. The van der Waals surface area contributed by atoms with Crippen molar-refractivity contribution < 1.29 is 24.1 Å². The zero-order valence-corrected chi connectivity index (χ0v) is 11.7. The molecule has 1 N–H and O–H groups in total. The van der Waals surface area contributed by atoms with Gasteiger partial charge in [0, 0.05) is 26.4 Å². The first-order chi connectivity index (χ1) is 9.67. The summed E-state index contributed by atoms with van der Waals surface area (Å²) in [6.07, 6.45) is 2.27. The molecule has 6 nitrogen and oxygen atoms in total. The Morgan fingerprint density at radius 2 is 2.10 bits per heavy atom. The molecule has 1 aromatic carbocycles. The highest BCUT2D eigenvalue weighted by Gasteiger charge is 2.05. The number of ether oxygens (including phenoxy) is 3. The van der Waals surface area contributed by atoms with Crippen molar-refractivity contribution in [3.8, 4) is 11.5 Å². The number of hydrogen-bond donors (Lipinski definition) is 1. The molecule has 0 atom stereocenters. The van der Waals surface area contributed by atoms with Gasteiger partial charge in [0.2, 0.25) is 0 Å². The number of nitrogens with zero attached hydrogens (tertiary/aromatic N) is 1. The zero-order valence-electron chi connectivity index (χ0n) is 11.7. The van der Waals surface area contributed by atoms with E-state index in [0.29, 0.717) is 24.7 Å². The van der Waals surface area contributed by atoms with E-state index in [0.717, 1.165) is 12.0 Å². The molecular formula is C14H19NO5. The molecule has 0 heterocycles. The molecule has 0 aromatic heterocycles. The summed E-state index contributed by atoms with van der Waals surface area (Å²) in [6, 6.07) is 5.30. The van der Waals surface area contributed by atoms with Crippen molar-refractivity contribution in [3.63, 3.8) is 0 Å². The lowest BCUT2D eigenvalue weighted by Crippen LogP contribution is -2.03. The molecule has 0 spiro atoms. The number of methoxy groups -OCH3 is 2. The molecule has 0 aliphatic carbocycles. The number of hydrogen-bond acceptors (Lipinski definition) is 5. The van der Waals surface area contributed by atoms with Gasteiger partial charge in [-0.25, -0.2) is 0 Å². The second kappa shape index (κ2) is 8.92. The highest BCUT2D eigenvalue weighted by Crippen LogP contribution is 2.27. The molecule has 0 saturated carbocycles. The van der Waals surface area contributed by atoms with E-state index in [-0.39, 0.29) is 6.54 Å². The molecule has 0 fully saturated rings. The minimum atomic E-state index is -0.967. The third kappa shape index (κ3) is 5.71. The SMILES string of the molecule is COCCCOc1cc(C=NCC(=O)O)ccc1OC. The van der Waals surface area contributed by atoms with Crippen LogP contribution in [0.15, 0.2) is 23.2 Å². The third-order valence-corrected chi connectivity index (χ3v) is 2.40. The quantitative estimate of drug-likeness (QED) is 0.549. The van der Waals surface area contributed by atoms with E-state index < -0.39 is 5.97 Å². The summed E-state index contributed by atoms with van der Waals surface area (Å²) in [7, 11) is 3.20. The Kier molecular flexibility index (Phi) is 7.13. The van der Waals surface area contributed by atoms with Gasteiger partial charge in [0.15, 0.2) is 11.5 Å². The smallest absolute Gasteiger partial charge is 0.325 e. The Morgan fingerprint density at radius 3 is 2.75 bits per heavy atom. The predicted molar refractivity (Wildman–Crippen MR) is 75.1 cm³/mol. The van der Waals surface area contributed by atoms with Crippen LogP contribution in [-0.2, 0) is 9.53 Å². The molecule has 0 aliphatic rings. The number of carboxylic acids is 1. The van der Waals surface area contributed by atoms with Crippen LogP contribution in [-0.4, -0.2) is 51.3 Å². The topological polar surface area (TPSA) is 77.4 Å². The molecule has 20 heavy (non-hydrogen) atoms. The average molecular weight is 281 g/mol. The van der Waals surface area contributed by atoms with Gasteiger partial charge >= 0.3 is 5.97 Å². The predicted octanol–water partition coefficient (Wildman–Crippen LogP) is 1.61. The van der Waals surface area contributed by atoms with Crippen molar-refractivity contribution in [1.29, 1.82) is 0 Å². The maximum absolute atomic E-state index is 10.4. The Labute approximate surface area is 118 Å². The number of carboxylic acid groups (broad SMARTS) is 1. The molecule has 0 unspecified atom stereocenters. The first-order valence-electron chi connectivity index (χ1n) is 6.18. The van der Waals surface area contributed by atoms with Crippen molar-refractivity contribution in [2.45, 2.75) is 6.42 Å². The molecule has 0 amide bonds. The fourth-order valence-corrected chi connectivity index (χ4v) is 1.50. The second-order valence-corrected chi connectivity index (χ2v) is 3.97. The highest BCUT2D eigenvalue weighted by atomic mass is 16.5. The maximum Gasteiger partial charge on any atom is 0.325 e. The lowest BCUT2D eigenvalue weighted by atomic mass is 10.2. The van der Waals surface area contributed by atoms with E-state index in [1.54, 1.807) is 32.4 Å². The molecular weight excluding hydrogens is 262 g/mol. The number of rotatable bonds is 9. The van der Waals surface area contributed by atoms with Crippen molar-refractivity contribution in [2.75, 3.05) is 34.0 Å². The number of carbonyl (C=O) groups is 1. The molecule has 0 bridgehead atoms. The first-order valence-corrected chi connectivity index (χ1v) is 6.18. The molecule has 110 valence electrons. The van der Waals surface area contributed by atoms with Crippen molar-refractivity contribution >= 4 is 12.2 Å². The van der Waals surface area contributed by atoms with Crippen LogP contribution in [0.3, 0.4) is 0 Å². The van der Waals surface area contributed by atoms with Gasteiger partial charge in [0.1, 0.15) is 6.54 Å². The van der Waals surface area contributed by atoms with Crippen LogP contribution in [0.1, 0.15) is 12.0 Å². The van der Waals surface area contributed by atoms with Crippen LogP contribution in [0.2, 0.25) is 0 Å². The van der Waals surface area contributed by atoms with E-state index in [1.165, 1.54) is 6.21 Å². The van der Waals surface area contributed by atoms with E-state index >= 15 is 0 Å². The van der Waals surface area contributed by atoms with Gasteiger partial charge < -0.3 is 19.3 Å². The summed E-state index contributed by atoms with van der Waals surface area (Å²) < 4.78 is 15.8. The van der Waals surface area contributed by atoms with Gasteiger partial charge in [-0.2, -0.15) is 0 Å². The van der Waals surface area contributed by atoms with Crippen LogP contribution in [0.5, 0.6) is 11.5 Å². The third-order valence-electron chi connectivity index (χ3n) is 2.40.